The van der Waals surface area contributed by atoms with Gasteiger partial charge in [0.05, 0.1) is 12.2 Å². The maximum Gasteiger partial charge on any atom is 0.387 e. The molecule has 0 fully saturated rings. The predicted octanol–water partition coefficient (Wildman–Crippen LogP) is 1.48. The molecule has 0 amide bonds. The average Bonchev–Trinajstić information content (AvgIpc) is 2.17. The lowest BCUT2D eigenvalue weighted by atomic mass is 10.1. The van der Waals surface area contributed by atoms with E-state index in [1.165, 1.54) is 0 Å². The van der Waals surface area contributed by atoms with Crippen molar-refractivity contribution in [3.8, 4) is 5.75 Å². The number of alkyl halides is 2. The highest BCUT2D eigenvalue weighted by molar-refractivity contribution is 5.88. The molecule has 0 unspecified atom stereocenters. The van der Waals surface area contributed by atoms with Crippen LogP contribution in [0.1, 0.15) is 15.9 Å². The van der Waals surface area contributed by atoms with E-state index in [4.69, 9.17) is 10.2 Å². The van der Waals surface area contributed by atoms with Crippen molar-refractivity contribution < 1.29 is 28.5 Å². The van der Waals surface area contributed by atoms with E-state index in [2.05, 4.69) is 4.74 Å². The Kier molecular flexibility index (Phi) is 3.56. The van der Waals surface area contributed by atoms with Gasteiger partial charge in [-0.2, -0.15) is 8.78 Å². The van der Waals surface area contributed by atoms with Gasteiger partial charge in [-0.3, -0.25) is 0 Å². The van der Waals surface area contributed by atoms with Crippen LogP contribution in [0.2, 0.25) is 0 Å². The van der Waals surface area contributed by atoms with Gasteiger partial charge in [0.25, 0.3) is 0 Å². The average molecular weight is 218 g/mol. The Balaban J connectivity index is 3.03. The first-order chi connectivity index (χ1) is 7.04. The van der Waals surface area contributed by atoms with E-state index < -0.39 is 19.2 Å². The summed E-state index contributed by atoms with van der Waals surface area (Å²) in [5, 5.41) is 17.4. The van der Waals surface area contributed by atoms with E-state index in [-0.39, 0.29) is 16.9 Å². The third-order valence-electron chi connectivity index (χ3n) is 1.69. The second kappa shape index (κ2) is 4.70. The molecule has 82 valence electrons. The van der Waals surface area contributed by atoms with Crippen LogP contribution in [0.15, 0.2) is 18.2 Å². The smallest absolute Gasteiger partial charge is 0.387 e. The van der Waals surface area contributed by atoms with Gasteiger partial charge < -0.3 is 14.9 Å². The SMILES string of the molecule is O=C(O)c1ccc(OC(F)F)c(CO)c1. The molecule has 0 saturated heterocycles. The van der Waals surface area contributed by atoms with Crippen molar-refractivity contribution in [3.63, 3.8) is 0 Å². The summed E-state index contributed by atoms with van der Waals surface area (Å²) in [5.41, 5.74) is -0.0872. The summed E-state index contributed by atoms with van der Waals surface area (Å²) >= 11 is 0. The van der Waals surface area contributed by atoms with E-state index in [0.29, 0.717) is 0 Å². The molecule has 4 nitrogen and oxygen atoms in total. The van der Waals surface area contributed by atoms with Crippen LogP contribution in [0, 0.1) is 0 Å². The zero-order valence-electron chi connectivity index (χ0n) is 7.48. The minimum atomic E-state index is -3.01. The molecule has 0 spiro atoms. The Bertz CT molecular complexity index is 365. The number of aliphatic hydroxyl groups excluding tert-OH is 1. The van der Waals surface area contributed by atoms with E-state index >= 15 is 0 Å². The Hall–Kier alpha value is -1.69. The first-order valence-corrected chi connectivity index (χ1v) is 3.96. The normalized spacial score (nSPS) is 10.4. The summed E-state index contributed by atoms with van der Waals surface area (Å²) in [6.07, 6.45) is 0. The number of hydrogen-bond donors (Lipinski definition) is 2. The van der Waals surface area contributed by atoms with Gasteiger partial charge in [-0.25, -0.2) is 4.79 Å². The lowest BCUT2D eigenvalue weighted by Crippen LogP contribution is -2.06. The van der Waals surface area contributed by atoms with Crippen LogP contribution in [0.5, 0.6) is 5.75 Å². The van der Waals surface area contributed by atoms with Crippen LogP contribution >= 0.6 is 0 Å². The second-order valence-corrected chi connectivity index (χ2v) is 2.66. The molecule has 1 aromatic rings. The van der Waals surface area contributed by atoms with Crippen molar-refractivity contribution in [2.75, 3.05) is 0 Å². The molecule has 0 aliphatic carbocycles. The van der Waals surface area contributed by atoms with Crippen molar-refractivity contribution in [2.45, 2.75) is 13.2 Å². The van der Waals surface area contributed by atoms with Gasteiger partial charge in [0, 0.05) is 5.56 Å². The molecule has 0 aliphatic heterocycles. The molecule has 15 heavy (non-hydrogen) atoms. The Morgan fingerprint density at radius 2 is 2.13 bits per heavy atom. The summed E-state index contributed by atoms with van der Waals surface area (Å²) < 4.78 is 27.8. The molecular weight excluding hydrogens is 210 g/mol. The predicted molar refractivity (Wildman–Crippen MR) is 46.0 cm³/mol. The first kappa shape index (κ1) is 11.4. The second-order valence-electron chi connectivity index (χ2n) is 2.66. The molecule has 0 atom stereocenters. The van der Waals surface area contributed by atoms with Crippen molar-refractivity contribution in [1.29, 1.82) is 0 Å². The zero-order chi connectivity index (χ0) is 11.4. The summed E-state index contributed by atoms with van der Waals surface area (Å²) in [4.78, 5) is 10.5. The van der Waals surface area contributed by atoms with Gasteiger partial charge in [0.1, 0.15) is 5.75 Å². The van der Waals surface area contributed by atoms with Crippen molar-refractivity contribution in [1.82, 2.24) is 0 Å². The maximum atomic E-state index is 11.9. The van der Waals surface area contributed by atoms with Crippen LogP contribution in [0.4, 0.5) is 8.78 Å². The molecule has 0 radical (unpaired) electrons. The highest BCUT2D eigenvalue weighted by Gasteiger charge is 2.12. The fraction of sp³-hybridized carbons (Fsp3) is 0.222. The van der Waals surface area contributed by atoms with Crippen LogP contribution < -0.4 is 4.74 Å². The van der Waals surface area contributed by atoms with Gasteiger partial charge in [0.2, 0.25) is 0 Å². The first-order valence-electron chi connectivity index (χ1n) is 3.96. The minimum Gasteiger partial charge on any atom is -0.478 e. The molecule has 6 heteroatoms. The summed E-state index contributed by atoms with van der Waals surface area (Å²) in [6.45, 7) is -3.57. The lowest BCUT2D eigenvalue weighted by molar-refractivity contribution is -0.0509. The number of carbonyl (C=O) groups is 1. The van der Waals surface area contributed by atoms with E-state index in [0.717, 1.165) is 18.2 Å². The number of halogens is 2. The van der Waals surface area contributed by atoms with Crippen molar-refractivity contribution in [3.05, 3.63) is 29.3 Å². The van der Waals surface area contributed by atoms with Crippen molar-refractivity contribution >= 4 is 5.97 Å². The largest absolute Gasteiger partial charge is 0.478 e. The number of benzene rings is 1. The van der Waals surface area contributed by atoms with E-state index in [9.17, 15) is 13.6 Å². The lowest BCUT2D eigenvalue weighted by Gasteiger charge is -2.09. The van der Waals surface area contributed by atoms with Crippen LogP contribution in [-0.2, 0) is 6.61 Å². The van der Waals surface area contributed by atoms with E-state index in [1.54, 1.807) is 0 Å². The highest BCUT2D eigenvalue weighted by Crippen LogP contribution is 2.22. The van der Waals surface area contributed by atoms with Gasteiger partial charge in [-0.05, 0) is 18.2 Å². The molecule has 1 rings (SSSR count). The standard InChI is InChI=1S/C9H8F2O4/c10-9(11)15-7-2-1-5(8(13)14)3-6(7)4-12/h1-3,9,12H,4H2,(H,13,14). The van der Waals surface area contributed by atoms with Crippen LogP contribution in [0.3, 0.4) is 0 Å². The third kappa shape index (κ3) is 2.88. The maximum absolute atomic E-state index is 11.9. The number of aliphatic hydroxyl groups is 1. The topological polar surface area (TPSA) is 66.8 Å². The van der Waals surface area contributed by atoms with Gasteiger partial charge in [0.15, 0.2) is 0 Å². The monoisotopic (exact) mass is 218 g/mol. The summed E-state index contributed by atoms with van der Waals surface area (Å²) in [6, 6.07) is 3.29. The van der Waals surface area contributed by atoms with Gasteiger partial charge in [-0.1, -0.05) is 0 Å². The molecule has 0 aliphatic rings. The van der Waals surface area contributed by atoms with Gasteiger partial charge >= 0.3 is 12.6 Å². The van der Waals surface area contributed by atoms with E-state index in [1.807, 2.05) is 0 Å². The van der Waals surface area contributed by atoms with Crippen molar-refractivity contribution in [2.24, 2.45) is 0 Å². The fourth-order valence-corrected chi connectivity index (χ4v) is 1.05. The third-order valence-corrected chi connectivity index (χ3v) is 1.69. The summed E-state index contributed by atoms with van der Waals surface area (Å²) in [7, 11) is 0. The van der Waals surface area contributed by atoms with Crippen LogP contribution in [-0.4, -0.2) is 22.8 Å². The molecule has 1 aromatic carbocycles. The molecule has 0 bridgehead atoms. The molecular formula is C9H8F2O4. The number of carboxylic acid groups (broad SMARTS) is 1. The Morgan fingerprint density at radius 1 is 1.47 bits per heavy atom. The number of hydrogen-bond acceptors (Lipinski definition) is 3. The minimum absolute atomic E-state index is 0.00944. The number of carboxylic acids is 1. The number of ether oxygens (including phenoxy) is 1. The molecule has 0 saturated carbocycles. The molecule has 2 N–H and O–H groups in total. The fourth-order valence-electron chi connectivity index (χ4n) is 1.05. The van der Waals surface area contributed by atoms with Crippen LogP contribution in [0.25, 0.3) is 0 Å². The zero-order valence-corrected chi connectivity index (χ0v) is 7.48. The quantitative estimate of drug-likeness (QED) is 0.803. The van der Waals surface area contributed by atoms with Gasteiger partial charge in [-0.15, -0.1) is 0 Å². The molecule has 0 heterocycles. The summed E-state index contributed by atoms with van der Waals surface area (Å²) in [5.74, 6) is -1.43. The number of aromatic carboxylic acids is 1. The number of rotatable bonds is 4. The highest BCUT2D eigenvalue weighted by atomic mass is 19.3. The molecule has 0 aromatic heterocycles. The Labute approximate surface area is 83.7 Å². The Morgan fingerprint density at radius 3 is 2.60 bits per heavy atom.